The Morgan fingerprint density at radius 3 is 2.58 bits per heavy atom. The maximum atomic E-state index is 12.9. The molecular formula is C19H28N2O4S. The van der Waals surface area contributed by atoms with Gasteiger partial charge in [0, 0.05) is 25.7 Å². The van der Waals surface area contributed by atoms with Crippen LogP contribution in [0.4, 0.5) is 0 Å². The first kappa shape index (κ1) is 18.2. The van der Waals surface area contributed by atoms with E-state index in [1.54, 1.807) is 11.4 Å². The molecule has 1 aromatic rings. The van der Waals surface area contributed by atoms with Gasteiger partial charge in [0.15, 0.2) is 0 Å². The van der Waals surface area contributed by atoms with Gasteiger partial charge in [0.1, 0.15) is 5.75 Å². The highest BCUT2D eigenvalue weighted by Crippen LogP contribution is 2.32. The van der Waals surface area contributed by atoms with Crippen molar-refractivity contribution in [3.05, 3.63) is 29.8 Å². The molecule has 0 unspecified atom stereocenters. The predicted octanol–water partition coefficient (Wildman–Crippen LogP) is 1.85. The van der Waals surface area contributed by atoms with Crippen LogP contribution in [0.2, 0.25) is 0 Å². The van der Waals surface area contributed by atoms with Gasteiger partial charge in [-0.05, 0) is 30.5 Å². The zero-order valence-corrected chi connectivity index (χ0v) is 16.2. The standard InChI is InChI=1S/C19H28N2O4S/c1-24-17-8-6-15(7-9-17)12-21-18-13-20(16-4-2-3-5-16)14-19(18)25-10-11-26(21,22)23/h6-9,16,18-19H,2-5,10-14H2,1H3/t18-,19+/m1/s1. The minimum absolute atomic E-state index is 0.0221. The van der Waals surface area contributed by atoms with Crippen LogP contribution in [0.15, 0.2) is 24.3 Å². The van der Waals surface area contributed by atoms with Crippen LogP contribution in [0.1, 0.15) is 31.2 Å². The molecule has 2 aliphatic heterocycles. The molecule has 3 aliphatic rings. The number of ether oxygens (including phenoxy) is 2. The first-order chi connectivity index (χ1) is 12.6. The average Bonchev–Trinajstić information content (AvgIpc) is 3.28. The first-order valence-corrected chi connectivity index (χ1v) is 11.2. The van der Waals surface area contributed by atoms with E-state index in [4.69, 9.17) is 9.47 Å². The number of sulfonamides is 1. The molecule has 1 saturated carbocycles. The van der Waals surface area contributed by atoms with E-state index in [1.807, 2.05) is 24.3 Å². The minimum Gasteiger partial charge on any atom is -0.497 e. The highest BCUT2D eigenvalue weighted by molar-refractivity contribution is 7.89. The molecule has 0 amide bonds. The van der Waals surface area contributed by atoms with Gasteiger partial charge in [-0.2, -0.15) is 4.31 Å². The van der Waals surface area contributed by atoms with E-state index in [0.29, 0.717) is 19.2 Å². The Morgan fingerprint density at radius 2 is 1.88 bits per heavy atom. The molecule has 3 fully saturated rings. The zero-order valence-electron chi connectivity index (χ0n) is 15.3. The number of likely N-dealkylation sites (tertiary alicyclic amines) is 1. The molecule has 0 aromatic heterocycles. The molecule has 2 atom stereocenters. The molecule has 26 heavy (non-hydrogen) atoms. The summed E-state index contributed by atoms with van der Waals surface area (Å²) in [6.07, 6.45) is 5.00. The molecular weight excluding hydrogens is 352 g/mol. The van der Waals surface area contributed by atoms with Gasteiger partial charge in [-0.15, -0.1) is 0 Å². The van der Waals surface area contributed by atoms with Crippen LogP contribution in [-0.4, -0.2) is 68.4 Å². The van der Waals surface area contributed by atoms with Crippen LogP contribution < -0.4 is 4.74 Å². The molecule has 7 heteroatoms. The first-order valence-electron chi connectivity index (χ1n) is 9.55. The van der Waals surface area contributed by atoms with E-state index < -0.39 is 10.0 Å². The second-order valence-corrected chi connectivity index (χ2v) is 9.62. The normalized spacial score (nSPS) is 30.2. The Kier molecular flexibility index (Phi) is 5.23. The second-order valence-electron chi connectivity index (χ2n) is 7.58. The average molecular weight is 381 g/mol. The maximum Gasteiger partial charge on any atom is 0.217 e. The Balaban J connectivity index is 1.56. The lowest BCUT2D eigenvalue weighted by Gasteiger charge is -2.29. The topological polar surface area (TPSA) is 59.1 Å². The summed E-state index contributed by atoms with van der Waals surface area (Å²) < 4.78 is 38.7. The van der Waals surface area contributed by atoms with Gasteiger partial charge < -0.3 is 9.47 Å². The van der Waals surface area contributed by atoms with Gasteiger partial charge in [-0.3, -0.25) is 4.90 Å². The Hall–Kier alpha value is -1.15. The molecule has 1 aromatic carbocycles. The number of methoxy groups -OCH3 is 1. The summed E-state index contributed by atoms with van der Waals surface area (Å²) in [6.45, 7) is 2.32. The van der Waals surface area contributed by atoms with Crippen molar-refractivity contribution >= 4 is 10.0 Å². The summed E-state index contributed by atoms with van der Waals surface area (Å²) in [5.74, 6) is 0.849. The molecule has 0 spiro atoms. The monoisotopic (exact) mass is 380 g/mol. The van der Waals surface area contributed by atoms with Crippen molar-refractivity contribution in [3.63, 3.8) is 0 Å². The van der Waals surface area contributed by atoms with Gasteiger partial charge in [-0.25, -0.2) is 8.42 Å². The van der Waals surface area contributed by atoms with E-state index in [1.165, 1.54) is 25.7 Å². The Labute approximate surface area is 156 Å². The molecule has 1 aliphatic carbocycles. The van der Waals surface area contributed by atoms with Crippen LogP contribution >= 0.6 is 0 Å². The lowest BCUT2D eigenvalue weighted by molar-refractivity contribution is 0.0444. The number of rotatable bonds is 4. The molecule has 6 nitrogen and oxygen atoms in total. The van der Waals surface area contributed by atoms with Crippen LogP contribution in [0.25, 0.3) is 0 Å². The summed E-state index contributed by atoms with van der Waals surface area (Å²) in [6, 6.07) is 8.15. The number of fused-ring (bicyclic) bond motifs is 1. The van der Waals surface area contributed by atoms with Gasteiger partial charge >= 0.3 is 0 Å². The lowest BCUT2D eigenvalue weighted by atomic mass is 10.1. The van der Waals surface area contributed by atoms with Crippen LogP contribution in [-0.2, 0) is 21.3 Å². The van der Waals surface area contributed by atoms with Gasteiger partial charge in [-0.1, -0.05) is 25.0 Å². The third-order valence-electron chi connectivity index (χ3n) is 6.00. The van der Waals surface area contributed by atoms with E-state index >= 15 is 0 Å². The Morgan fingerprint density at radius 1 is 1.15 bits per heavy atom. The molecule has 144 valence electrons. The highest BCUT2D eigenvalue weighted by Gasteiger charge is 2.46. The zero-order chi connectivity index (χ0) is 18.1. The number of hydrogen-bond acceptors (Lipinski definition) is 5. The lowest BCUT2D eigenvalue weighted by Crippen LogP contribution is -2.45. The quantitative estimate of drug-likeness (QED) is 0.798. The SMILES string of the molecule is COc1ccc(CN2[C@@H]3CN(C4CCCC4)C[C@@H]3OCCS2(=O)=O)cc1. The largest absolute Gasteiger partial charge is 0.497 e. The molecule has 2 saturated heterocycles. The highest BCUT2D eigenvalue weighted by atomic mass is 32.2. The Bertz CT molecular complexity index is 716. The minimum atomic E-state index is -3.32. The summed E-state index contributed by atoms with van der Waals surface area (Å²) in [7, 11) is -1.69. The van der Waals surface area contributed by atoms with Crippen LogP contribution in [0.3, 0.4) is 0 Å². The van der Waals surface area contributed by atoms with Crippen molar-refractivity contribution in [2.75, 3.05) is 32.6 Å². The van der Waals surface area contributed by atoms with Gasteiger partial charge in [0.05, 0.1) is 31.6 Å². The summed E-state index contributed by atoms with van der Waals surface area (Å²) in [4.78, 5) is 2.46. The third-order valence-corrected chi connectivity index (χ3v) is 7.80. The van der Waals surface area contributed by atoms with E-state index in [9.17, 15) is 8.42 Å². The molecule has 0 N–H and O–H groups in total. The molecule has 0 radical (unpaired) electrons. The van der Waals surface area contributed by atoms with Crippen molar-refractivity contribution in [2.24, 2.45) is 0 Å². The summed E-state index contributed by atoms with van der Waals surface area (Å²) in [5, 5.41) is 0. The molecule has 4 rings (SSSR count). The van der Waals surface area contributed by atoms with Crippen LogP contribution in [0.5, 0.6) is 5.75 Å². The maximum absolute atomic E-state index is 12.9. The number of hydrogen-bond donors (Lipinski definition) is 0. The van der Waals surface area contributed by atoms with E-state index in [2.05, 4.69) is 4.90 Å². The van der Waals surface area contributed by atoms with Crippen LogP contribution in [0, 0.1) is 0 Å². The number of benzene rings is 1. The number of nitrogens with zero attached hydrogens (tertiary/aromatic N) is 2. The fraction of sp³-hybridized carbons (Fsp3) is 0.684. The van der Waals surface area contributed by atoms with E-state index in [0.717, 1.165) is 24.4 Å². The van der Waals surface area contributed by atoms with Crippen molar-refractivity contribution in [1.29, 1.82) is 0 Å². The third kappa shape index (κ3) is 3.63. The van der Waals surface area contributed by atoms with Crippen molar-refractivity contribution in [2.45, 2.75) is 50.4 Å². The summed E-state index contributed by atoms with van der Waals surface area (Å²) >= 11 is 0. The molecule has 2 heterocycles. The van der Waals surface area contributed by atoms with E-state index in [-0.39, 0.29) is 17.9 Å². The predicted molar refractivity (Wildman–Crippen MR) is 99.7 cm³/mol. The summed E-state index contributed by atoms with van der Waals surface area (Å²) in [5.41, 5.74) is 0.981. The fourth-order valence-corrected chi connectivity index (χ4v) is 6.05. The van der Waals surface area contributed by atoms with Crippen molar-refractivity contribution < 1.29 is 17.9 Å². The fourth-order valence-electron chi connectivity index (χ4n) is 4.55. The van der Waals surface area contributed by atoms with Gasteiger partial charge in [0.25, 0.3) is 0 Å². The van der Waals surface area contributed by atoms with Gasteiger partial charge in [0.2, 0.25) is 10.0 Å². The molecule has 0 bridgehead atoms. The van der Waals surface area contributed by atoms with Crippen molar-refractivity contribution in [3.8, 4) is 5.75 Å². The second kappa shape index (κ2) is 7.46. The smallest absolute Gasteiger partial charge is 0.217 e. The van der Waals surface area contributed by atoms with Crippen molar-refractivity contribution in [1.82, 2.24) is 9.21 Å².